The maximum Gasteiger partial charge on any atom is 0.246 e. The molecule has 1 heterocycles. The van der Waals surface area contributed by atoms with Gasteiger partial charge in [-0.1, -0.05) is 34.4 Å². The minimum Gasteiger partial charge on any atom is -0.371 e. The summed E-state index contributed by atoms with van der Waals surface area (Å²) in [4.78, 5) is 8.83. The molecule has 0 aliphatic heterocycles. The molecule has 2 aromatic rings. The SMILES string of the molecule is CCNC(=NCc1ccc(Cl)cc1Cl)NCc1nc(C(C)OCC)no1.I. The lowest BCUT2D eigenvalue weighted by Gasteiger charge is -2.10. The van der Waals surface area contributed by atoms with Gasteiger partial charge in [0.15, 0.2) is 11.8 Å². The van der Waals surface area contributed by atoms with E-state index in [2.05, 4.69) is 25.8 Å². The molecule has 0 bridgehead atoms. The Balaban J connectivity index is 0.00000364. The van der Waals surface area contributed by atoms with E-state index in [9.17, 15) is 0 Å². The summed E-state index contributed by atoms with van der Waals surface area (Å²) < 4.78 is 10.7. The zero-order valence-corrected chi connectivity index (χ0v) is 19.3. The lowest BCUT2D eigenvalue weighted by Crippen LogP contribution is -2.36. The number of hydrogen-bond donors (Lipinski definition) is 2. The van der Waals surface area contributed by atoms with Crippen molar-refractivity contribution in [1.29, 1.82) is 0 Å². The van der Waals surface area contributed by atoms with Crippen LogP contribution < -0.4 is 10.6 Å². The van der Waals surface area contributed by atoms with Gasteiger partial charge in [0.25, 0.3) is 0 Å². The minimum absolute atomic E-state index is 0. The Hall–Kier alpha value is -1.10. The highest BCUT2D eigenvalue weighted by atomic mass is 127. The van der Waals surface area contributed by atoms with Gasteiger partial charge in [0.2, 0.25) is 5.89 Å². The molecule has 2 rings (SSSR count). The second kappa shape index (κ2) is 12.4. The number of nitrogens with one attached hydrogen (secondary N) is 2. The number of aromatic nitrogens is 2. The Morgan fingerprint density at radius 1 is 1.30 bits per heavy atom. The maximum absolute atomic E-state index is 6.18. The van der Waals surface area contributed by atoms with Crippen LogP contribution in [0.15, 0.2) is 27.7 Å². The molecule has 1 atom stereocenters. The molecule has 0 saturated heterocycles. The van der Waals surface area contributed by atoms with Crippen LogP contribution in [0, 0.1) is 0 Å². The van der Waals surface area contributed by atoms with Gasteiger partial charge < -0.3 is 19.9 Å². The molecule has 1 aromatic carbocycles. The summed E-state index contributed by atoms with van der Waals surface area (Å²) in [6.45, 7) is 7.87. The number of aliphatic imine (C=N–C) groups is 1. The largest absolute Gasteiger partial charge is 0.371 e. The molecule has 0 aliphatic rings. The van der Waals surface area contributed by atoms with Crippen LogP contribution in [0.2, 0.25) is 10.0 Å². The number of ether oxygens (including phenoxy) is 1. The fourth-order valence-electron chi connectivity index (χ4n) is 2.14. The van der Waals surface area contributed by atoms with Crippen LogP contribution >= 0.6 is 47.2 Å². The second-order valence-corrected chi connectivity index (χ2v) is 6.27. The maximum atomic E-state index is 6.18. The third-order valence-corrected chi connectivity index (χ3v) is 4.02. The minimum atomic E-state index is -0.202. The predicted molar refractivity (Wildman–Crippen MR) is 118 cm³/mol. The number of benzene rings is 1. The third kappa shape index (κ3) is 7.81. The summed E-state index contributed by atoms with van der Waals surface area (Å²) in [5.41, 5.74) is 0.888. The van der Waals surface area contributed by atoms with Crippen LogP contribution in [-0.4, -0.2) is 29.3 Å². The molecule has 10 heteroatoms. The van der Waals surface area contributed by atoms with Crippen molar-refractivity contribution in [3.05, 3.63) is 45.5 Å². The molecule has 27 heavy (non-hydrogen) atoms. The van der Waals surface area contributed by atoms with Crippen molar-refractivity contribution in [2.24, 2.45) is 4.99 Å². The van der Waals surface area contributed by atoms with Gasteiger partial charge in [-0.2, -0.15) is 4.98 Å². The van der Waals surface area contributed by atoms with Crippen molar-refractivity contribution in [2.75, 3.05) is 13.2 Å². The van der Waals surface area contributed by atoms with Gasteiger partial charge in [-0.05, 0) is 38.5 Å². The van der Waals surface area contributed by atoms with Crippen LogP contribution in [-0.2, 0) is 17.8 Å². The lowest BCUT2D eigenvalue weighted by molar-refractivity contribution is 0.0683. The van der Waals surface area contributed by atoms with Crippen molar-refractivity contribution < 1.29 is 9.26 Å². The summed E-state index contributed by atoms with van der Waals surface area (Å²) in [6, 6.07) is 5.35. The predicted octanol–water partition coefficient (Wildman–Crippen LogP) is 4.35. The van der Waals surface area contributed by atoms with Crippen molar-refractivity contribution in [3.63, 3.8) is 0 Å². The Labute approximate surface area is 186 Å². The molecule has 150 valence electrons. The lowest BCUT2D eigenvalue weighted by atomic mass is 10.2. The summed E-state index contributed by atoms with van der Waals surface area (Å²) >= 11 is 12.1. The Bertz CT molecular complexity index is 742. The fraction of sp³-hybridized carbons (Fsp3) is 0.471. The number of nitrogens with zero attached hydrogens (tertiary/aromatic N) is 3. The van der Waals surface area contributed by atoms with Gasteiger partial charge in [0.05, 0.1) is 13.1 Å². The Kier molecular flexibility index (Phi) is 11.0. The van der Waals surface area contributed by atoms with Crippen molar-refractivity contribution in [2.45, 2.75) is 40.0 Å². The molecule has 0 radical (unpaired) electrons. The number of hydrogen-bond acceptors (Lipinski definition) is 5. The molecule has 2 N–H and O–H groups in total. The average molecular weight is 528 g/mol. The monoisotopic (exact) mass is 527 g/mol. The summed E-state index contributed by atoms with van der Waals surface area (Å²) in [6.07, 6.45) is -0.202. The van der Waals surface area contributed by atoms with Gasteiger partial charge in [-0.15, -0.1) is 24.0 Å². The summed E-state index contributed by atoms with van der Waals surface area (Å²) in [5.74, 6) is 1.61. The summed E-state index contributed by atoms with van der Waals surface area (Å²) in [7, 11) is 0. The Morgan fingerprint density at radius 2 is 2.07 bits per heavy atom. The smallest absolute Gasteiger partial charge is 0.246 e. The molecular formula is C17H24Cl2IN5O2. The molecule has 1 aromatic heterocycles. The van der Waals surface area contributed by atoms with E-state index in [-0.39, 0.29) is 30.1 Å². The molecule has 0 saturated carbocycles. The first-order valence-corrected chi connectivity index (χ1v) is 9.19. The van der Waals surface area contributed by atoms with Gasteiger partial charge in [0.1, 0.15) is 6.10 Å². The molecule has 0 aliphatic carbocycles. The zero-order chi connectivity index (χ0) is 18.9. The van der Waals surface area contributed by atoms with Gasteiger partial charge in [0, 0.05) is 23.2 Å². The van der Waals surface area contributed by atoms with Crippen molar-refractivity contribution in [1.82, 2.24) is 20.8 Å². The van der Waals surface area contributed by atoms with E-state index in [0.29, 0.717) is 47.4 Å². The fourth-order valence-corrected chi connectivity index (χ4v) is 2.61. The molecule has 0 amide bonds. The molecular weight excluding hydrogens is 504 g/mol. The van der Waals surface area contributed by atoms with Crippen LogP contribution in [0.3, 0.4) is 0 Å². The molecule has 1 unspecified atom stereocenters. The van der Waals surface area contributed by atoms with Gasteiger partial charge in [-0.25, -0.2) is 4.99 Å². The Morgan fingerprint density at radius 3 is 2.74 bits per heavy atom. The highest BCUT2D eigenvalue weighted by molar-refractivity contribution is 14.0. The van der Waals surface area contributed by atoms with Crippen molar-refractivity contribution >= 4 is 53.1 Å². The van der Waals surface area contributed by atoms with Gasteiger partial charge in [-0.3, -0.25) is 0 Å². The molecule has 7 nitrogen and oxygen atoms in total. The van der Waals surface area contributed by atoms with Gasteiger partial charge >= 0.3 is 0 Å². The highest BCUT2D eigenvalue weighted by Gasteiger charge is 2.13. The standard InChI is InChI=1S/C17H23Cl2N5O2.HI/c1-4-20-17(21-9-12-6-7-13(18)8-14(12)19)22-10-15-23-16(24-26-15)11(3)25-5-2;/h6-8,11H,4-5,9-10H2,1-3H3,(H2,20,21,22);1H. The van der Waals surface area contributed by atoms with Crippen molar-refractivity contribution in [3.8, 4) is 0 Å². The normalized spacial score (nSPS) is 12.4. The first-order chi connectivity index (χ1) is 12.5. The first-order valence-electron chi connectivity index (χ1n) is 8.43. The van der Waals surface area contributed by atoms with E-state index < -0.39 is 0 Å². The zero-order valence-electron chi connectivity index (χ0n) is 15.5. The highest BCUT2D eigenvalue weighted by Crippen LogP contribution is 2.21. The van der Waals surface area contributed by atoms with E-state index in [1.54, 1.807) is 12.1 Å². The van der Waals surface area contributed by atoms with E-state index in [1.165, 1.54) is 0 Å². The van der Waals surface area contributed by atoms with E-state index in [1.807, 2.05) is 26.8 Å². The van der Waals surface area contributed by atoms with Crippen LogP contribution in [0.4, 0.5) is 0 Å². The van der Waals surface area contributed by atoms with Crippen LogP contribution in [0.1, 0.15) is 44.2 Å². The second-order valence-electron chi connectivity index (χ2n) is 5.43. The van der Waals surface area contributed by atoms with E-state index in [0.717, 1.165) is 12.1 Å². The molecule has 0 fully saturated rings. The number of guanidine groups is 1. The van der Waals surface area contributed by atoms with E-state index >= 15 is 0 Å². The van der Waals surface area contributed by atoms with Crippen LogP contribution in [0.5, 0.6) is 0 Å². The molecule has 0 spiro atoms. The van der Waals surface area contributed by atoms with Crippen LogP contribution in [0.25, 0.3) is 0 Å². The van der Waals surface area contributed by atoms with E-state index in [4.69, 9.17) is 32.5 Å². The topological polar surface area (TPSA) is 84.6 Å². The summed E-state index contributed by atoms with van der Waals surface area (Å²) in [5, 5.41) is 11.4. The number of rotatable bonds is 8. The quantitative estimate of drug-likeness (QED) is 0.301. The third-order valence-electron chi connectivity index (χ3n) is 3.44. The average Bonchev–Trinajstić information content (AvgIpc) is 3.08. The first kappa shape index (κ1) is 23.9. The number of halogens is 3.